The molecule has 0 saturated carbocycles. The number of pyridine rings is 1. The number of likely N-dealkylation sites (tertiary alicyclic amines) is 2. The molecule has 7 nitrogen and oxygen atoms in total. The van der Waals surface area contributed by atoms with E-state index in [0.717, 1.165) is 70.4 Å². The van der Waals surface area contributed by atoms with Crippen molar-refractivity contribution in [2.45, 2.75) is 50.0 Å². The molecule has 2 aromatic rings. The van der Waals surface area contributed by atoms with E-state index in [1.54, 1.807) is 21.9 Å². The van der Waals surface area contributed by atoms with E-state index in [0.29, 0.717) is 27.3 Å². The lowest BCUT2D eigenvalue weighted by atomic mass is 9.82. The van der Waals surface area contributed by atoms with Gasteiger partial charge in [-0.25, -0.2) is 4.98 Å². The molecule has 0 aliphatic carbocycles. The van der Waals surface area contributed by atoms with Gasteiger partial charge in [0.1, 0.15) is 10.7 Å². The van der Waals surface area contributed by atoms with Crippen LogP contribution in [0, 0.1) is 0 Å². The minimum absolute atomic E-state index is 0.0566. The molecule has 0 N–H and O–H groups in total. The van der Waals surface area contributed by atoms with Crippen LogP contribution >= 0.6 is 34.8 Å². The number of likely N-dealkylation sites (N-methyl/N-ethyl adjacent to an activating group) is 2. The highest BCUT2D eigenvalue weighted by Gasteiger charge is 2.47. The first kappa shape index (κ1) is 31.0. The Hall–Kier alpha value is -1.90. The molecule has 2 amide bonds. The monoisotopic (exact) mass is 607 g/mol. The summed E-state index contributed by atoms with van der Waals surface area (Å²) in [5.74, 6) is 0.182. The summed E-state index contributed by atoms with van der Waals surface area (Å²) in [5, 5.41) is 1.37. The molecule has 0 radical (unpaired) electrons. The molecule has 2 aliphatic rings. The number of carbonyl (C=O) groups is 2. The van der Waals surface area contributed by atoms with Gasteiger partial charge in [0.15, 0.2) is 0 Å². The van der Waals surface area contributed by atoms with Crippen LogP contribution in [0.2, 0.25) is 15.2 Å². The van der Waals surface area contributed by atoms with E-state index in [4.69, 9.17) is 34.8 Å². The lowest BCUT2D eigenvalue weighted by Crippen LogP contribution is -2.64. The summed E-state index contributed by atoms with van der Waals surface area (Å²) in [5.41, 5.74) is 1.14. The molecular formula is C30H40Cl3N5O2. The van der Waals surface area contributed by atoms with Gasteiger partial charge in [-0.2, -0.15) is 0 Å². The number of benzene rings is 1. The topological polar surface area (TPSA) is 60.0 Å². The Morgan fingerprint density at radius 3 is 2.25 bits per heavy atom. The van der Waals surface area contributed by atoms with Crippen LogP contribution in [0.1, 0.15) is 60.4 Å². The van der Waals surface area contributed by atoms with Crippen molar-refractivity contribution in [2.24, 2.45) is 0 Å². The first-order valence-corrected chi connectivity index (χ1v) is 15.3. The van der Waals surface area contributed by atoms with Gasteiger partial charge < -0.3 is 14.7 Å². The van der Waals surface area contributed by atoms with Crippen molar-refractivity contribution in [1.82, 2.24) is 24.6 Å². The van der Waals surface area contributed by atoms with Crippen LogP contribution in [0.5, 0.6) is 0 Å². The van der Waals surface area contributed by atoms with Gasteiger partial charge in [-0.1, -0.05) is 47.3 Å². The Labute approximate surface area is 253 Å². The summed E-state index contributed by atoms with van der Waals surface area (Å²) in [6.45, 7) is 5.13. The Balaban J connectivity index is 1.45. The van der Waals surface area contributed by atoms with Crippen molar-refractivity contribution in [2.75, 3.05) is 60.4 Å². The molecule has 2 saturated heterocycles. The van der Waals surface area contributed by atoms with E-state index in [1.165, 1.54) is 12.6 Å². The predicted octanol–water partition coefficient (Wildman–Crippen LogP) is 5.70. The average molecular weight is 609 g/mol. The van der Waals surface area contributed by atoms with Crippen LogP contribution in [0.4, 0.5) is 0 Å². The average Bonchev–Trinajstić information content (AvgIpc) is 2.97. The van der Waals surface area contributed by atoms with Gasteiger partial charge in [0.2, 0.25) is 5.91 Å². The maximum atomic E-state index is 13.5. The van der Waals surface area contributed by atoms with E-state index < -0.39 is 5.54 Å². The molecule has 1 aromatic carbocycles. The normalized spacial score (nSPS) is 18.8. The molecule has 10 heteroatoms. The van der Waals surface area contributed by atoms with Gasteiger partial charge in [0.05, 0.1) is 15.6 Å². The molecule has 2 fully saturated rings. The maximum Gasteiger partial charge on any atom is 0.255 e. The number of aromatic nitrogens is 1. The van der Waals surface area contributed by atoms with Crippen LogP contribution < -0.4 is 0 Å². The Kier molecular flexibility index (Phi) is 10.7. The van der Waals surface area contributed by atoms with Gasteiger partial charge in [0.25, 0.3) is 5.91 Å². The molecule has 1 aromatic heterocycles. The third-order valence-corrected chi connectivity index (χ3v) is 9.44. The lowest BCUT2D eigenvalue weighted by molar-refractivity contribution is -0.147. The number of piperidine rings is 2. The fourth-order valence-corrected chi connectivity index (χ4v) is 6.57. The van der Waals surface area contributed by atoms with E-state index >= 15 is 0 Å². The summed E-state index contributed by atoms with van der Waals surface area (Å²) >= 11 is 18.5. The second-order valence-electron chi connectivity index (χ2n) is 11.3. The van der Waals surface area contributed by atoms with Crippen molar-refractivity contribution >= 4 is 46.6 Å². The number of rotatable bonds is 9. The van der Waals surface area contributed by atoms with Crippen LogP contribution in [0.3, 0.4) is 0 Å². The quantitative estimate of drug-likeness (QED) is 0.342. The fourth-order valence-electron chi connectivity index (χ4n) is 6.15. The largest absolute Gasteiger partial charge is 0.347 e. The minimum Gasteiger partial charge on any atom is -0.347 e. The molecule has 40 heavy (non-hydrogen) atoms. The van der Waals surface area contributed by atoms with E-state index in [9.17, 15) is 9.59 Å². The first-order valence-electron chi connectivity index (χ1n) is 14.1. The third kappa shape index (κ3) is 7.29. The predicted molar refractivity (Wildman–Crippen MR) is 163 cm³/mol. The maximum absolute atomic E-state index is 13.5. The van der Waals surface area contributed by atoms with Crippen LogP contribution in [0.15, 0.2) is 36.5 Å². The molecule has 4 rings (SSSR count). The fraction of sp³-hybridized carbons (Fsp3) is 0.567. The molecule has 1 unspecified atom stereocenters. The van der Waals surface area contributed by atoms with E-state index in [1.807, 2.05) is 39.3 Å². The summed E-state index contributed by atoms with van der Waals surface area (Å²) in [6, 6.07) is 9.04. The van der Waals surface area contributed by atoms with Crippen molar-refractivity contribution in [3.63, 3.8) is 0 Å². The zero-order valence-corrected chi connectivity index (χ0v) is 26.0. The molecule has 0 bridgehead atoms. The zero-order chi connectivity index (χ0) is 28.9. The number of nitrogens with zero attached hydrogens (tertiary/aromatic N) is 5. The summed E-state index contributed by atoms with van der Waals surface area (Å²) in [6.07, 6.45) is 7.59. The SMILES string of the molecule is CN(C)C(=O)C1(N2CCCCC2)CCN(CCC(CN(C)C(=O)c2ccc(Cl)nc2)c2ccc(Cl)c(Cl)c2)CC1. The Bertz CT molecular complexity index is 1160. The third-order valence-electron chi connectivity index (χ3n) is 8.47. The van der Waals surface area contributed by atoms with Gasteiger partial charge >= 0.3 is 0 Å². The van der Waals surface area contributed by atoms with E-state index in [2.05, 4.69) is 14.8 Å². The highest BCUT2D eigenvalue weighted by Crippen LogP contribution is 2.34. The van der Waals surface area contributed by atoms with Gasteiger partial charge in [-0.05, 0) is 81.6 Å². The van der Waals surface area contributed by atoms with Gasteiger partial charge in [-0.3, -0.25) is 14.5 Å². The Morgan fingerprint density at radius 1 is 0.950 bits per heavy atom. The van der Waals surface area contributed by atoms with Crippen LogP contribution in [-0.4, -0.2) is 102 Å². The van der Waals surface area contributed by atoms with Crippen molar-refractivity contribution in [1.29, 1.82) is 0 Å². The number of hydrogen-bond donors (Lipinski definition) is 0. The zero-order valence-electron chi connectivity index (χ0n) is 23.7. The molecule has 0 spiro atoms. The molecule has 3 heterocycles. The number of halogens is 3. The second kappa shape index (κ2) is 13.8. The highest BCUT2D eigenvalue weighted by molar-refractivity contribution is 6.42. The van der Waals surface area contributed by atoms with E-state index in [-0.39, 0.29) is 17.7 Å². The Morgan fingerprint density at radius 2 is 1.65 bits per heavy atom. The van der Waals surface area contributed by atoms with Crippen molar-refractivity contribution in [3.8, 4) is 0 Å². The lowest BCUT2D eigenvalue weighted by Gasteiger charge is -2.50. The standard InChI is InChI=1S/C30H40Cl3N5O2/c1-35(2)29(40)30(38-14-5-4-6-15-38)12-17-37(18-13-30)16-11-24(22-7-9-25(31)26(32)19-22)21-36(3)28(39)23-8-10-27(33)34-20-23/h7-10,19-20,24H,4-6,11-18,21H2,1-3H3. The highest BCUT2D eigenvalue weighted by atomic mass is 35.5. The number of hydrogen-bond acceptors (Lipinski definition) is 5. The summed E-state index contributed by atoms with van der Waals surface area (Å²) in [7, 11) is 5.56. The van der Waals surface area contributed by atoms with Crippen LogP contribution in [-0.2, 0) is 4.79 Å². The van der Waals surface area contributed by atoms with Gasteiger partial charge in [-0.15, -0.1) is 0 Å². The summed E-state index contributed by atoms with van der Waals surface area (Å²) < 4.78 is 0. The number of amides is 2. The van der Waals surface area contributed by atoms with Crippen molar-refractivity contribution < 1.29 is 9.59 Å². The molecular weight excluding hydrogens is 569 g/mol. The number of carbonyl (C=O) groups excluding carboxylic acids is 2. The minimum atomic E-state index is -0.400. The first-order chi connectivity index (χ1) is 19.1. The second-order valence-corrected chi connectivity index (χ2v) is 12.5. The van der Waals surface area contributed by atoms with Crippen molar-refractivity contribution in [3.05, 3.63) is 62.9 Å². The van der Waals surface area contributed by atoms with Crippen LogP contribution in [0.25, 0.3) is 0 Å². The van der Waals surface area contributed by atoms with Gasteiger partial charge in [0, 0.05) is 52.9 Å². The molecule has 2 aliphatic heterocycles. The summed E-state index contributed by atoms with van der Waals surface area (Å²) in [4.78, 5) is 39.1. The molecule has 1 atom stereocenters. The smallest absolute Gasteiger partial charge is 0.255 e. The molecule has 218 valence electrons.